The second-order valence-corrected chi connectivity index (χ2v) is 5.86. The summed E-state index contributed by atoms with van der Waals surface area (Å²) in [4.78, 5) is 11.1. The zero-order valence-corrected chi connectivity index (χ0v) is 17.7. The van der Waals surface area contributed by atoms with E-state index in [1.807, 2.05) is 7.05 Å². The first-order valence-corrected chi connectivity index (χ1v) is 8.16. The molecule has 1 aromatic carbocycles. The van der Waals surface area contributed by atoms with Crippen molar-refractivity contribution in [1.29, 1.82) is 0 Å². The van der Waals surface area contributed by atoms with Gasteiger partial charge in [-0.1, -0.05) is 24.3 Å². The minimum atomic E-state index is 0. The van der Waals surface area contributed by atoms with Gasteiger partial charge in [0.05, 0.1) is 13.1 Å². The SMILES string of the molecule is CCNC(=NCc1ccccc1CN(C)C)NCc1ncnn1C.I. The van der Waals surface area contributed by atoms with Gasteiger partial charge in [-0.25, -0.2) is 9.98 Å². The average Bonchev–Trinajstić information content (AvgIpc) is 2.96. The number of guanidine groups is 1. The second kappa shape index (κ2) is 11.0. The summed E-state index contributed by atoms with van der Waals surface area (Å²) < 4.78 is 1.75. The minimum Gasteiger partial charge on any atom is -0.357 e. The Bertz CT molecular complexity index is 667. The molecule has 0 aliphatic heterocycles. The van der Waals surface area contributed by atoms with Gasteiger partial charge in [-0.05, 0) is 32.1 Å². The highest BCUT2D eigenvalue weighted by Crippen LogP contribution is 2.11. The fourth-order valence-electron chi connectivity index (χ4n) is 2.36. The molecular weight excluding hydrogens is 429 g/mol. The standard InChI is InChI=1S/C17H27N7.HI/c1-5-18-17(20-11-16-21-13-22-24(16)4)19-10-14-8-6-7-9-15(14)12-23(2)3;/h6-9,13H,5,10-12H2,1-4H3,(H2,18,19,20);1H. The molecule has 0 fully saturated rings. The van der Waals surface area contributed by atoms with Gasteiger partial charge in [-0.3, -0.25) is 4.68 Å². The van der Waals surface area contributed by atoms with Crippen molar-refractivity contribution in [3.8, 4) is 0 Å². The summed E-state index contributed by atoms with van der Waals surface area (Å²) in [6, 6.07) is 8.42. The summed E-state index contributed by atoms with van der Waals surface area (Å²) >= 11 is 0. The lowest BCUT2D eigenvalue weighted by Gasteiger charge is -2.14. The topological polar surface area (TPSA) is 70.4 Å². The maximum Gasteiger partial charge on any atom is 0.191 e. The number of halogens is 1. The molecule has 0 aliphatic rings. The van der Waals surface area contributed by atoms with Gasteiger partial charge >= 0.3 is 0 Å². The molecule has 0 saturated heterocycles. The van der Waals surface area contributed by atoms with Crippen LogP contribution in [0.3, 0.4) is 0 Å². The molecule has 8 heteroatoms. The first kappa shape index (κ1) is 21.4. The predicted octanol–water partition coefficient (Wildman–Crippen LogP) is 1.75. The van der Waals surface area contributed by atoms with Crippen LogP contribution in [0.25, 0.3) is 0 Å². The second-order valence-electron chi connectivity index (χ2n) is 5.86. The van der Waals surface area contributed by atoms with Gasteiger partial charge in [0, 0.05) is 20.1 Å². The first-order chi connectivity index (χ1) is 11.6. The van der Waals surface area contributed by atoms with Gasteiger partial charge in [0.2, 0.25) is 0 Å². The van der Waals surface area contributed by atoms with E-state index >= 15 is 0 Å². The van der Waals surface area contributed by atoms with E-state index in [2.05, 4.69) is 70.9 Å². The number of aryl methyl sites for hydroxylation is 1. The number of benzene rings is 1. The number of rotatable bonds is 7. The molecule has 25 heavy (non-hydrogen) atoms. The highest BCUT2D eigenvalue weighted by atomic mass is 127. The van der Waals surface area contributed by atoms with Crippen LogP contribution in [-0.2, 0) is 26.7 Å². The van der Waals surface area contributed by atoms with Gasteiger partial charge in [-0.2, -0.15) is 5.10 Å². The fraction of sp³-hybridized carbons (Fsp3) is 0.471. The van der Waals surface area contributed by atoms with Crippen molar-refractivity contribution in [3.63, 3.8) is 0 Å². The Morgan fingerprint density at radius 1 is 1.20 bits per heavy atom. The zero-order chi connectivity index (χ0) is 17.4. The van der Waals surface area contributed by atoms with Gasteiger partial charge in [0.1, 0.15) is 12.2 Å². The lowest BCUT2D eigenvalue weighted by molar-refractivity contribution is 0.401. The quantitative estimate of drug-likeness (QED) is 0.377. The van der Waals surface area contributed by atoms with Crippen LogP contribution in [0.2, 0.25) is 0 Å². The van der Waals surface area contributed by atoms with Crippen LogP contribution in [0, 0.1) is 0 Å². The van der Waals surface area contributed by atoms with Crippen LogP contribution in [-0.4, -0.2) is 46.3 Å². The summed E-state index contributed by atoms with van der Waals surface area (Å²) in [5.41, 5.74) is 2.54. The average molecular weight is 457 g/mol. The van der Waals surface area contributed by atoms with Crippen molar-refractivity contribution in [1.82, 2.24) is 30.3 Å². The number of aromatic nitrogens is 3. The highest BCUT2D eigenvalue weighted by Gasteiger charge is 2.05. The van der Waals surface area contributed by atoms with E-state index < -0.39 is 0 Å². The van der Waals surface area contributed by atoms with Crippen molar-refractivity contribution in [3.05, 3.63) is 47.5 Å². The molecule has 0 unspecified atom stereocenters. The van der Waals surface area contributed by atoms with Crippen molar-refractivity contribution in [2.24, 2.45) is 12.0 Å². The maximum absolute atomic E-state index is 4.70. The predicted molar refractivity (Wildman–Crippen MR) is 112 cm³/mol. The smallest absolute Gasteiger partial charge is 0.191 e. The molecule has 0 saturated carbocycles. The lowest BCUT2D eigenvalue weighted by Crippen LogP contribution is -2.37. The van der Waals surface area contributed by atoms with Crippen LogP contribution in [0.15, 0.2) is 35.6 Å². The van der Waals surface area contributed by atoms with Crippen molar-refractivity contribution >= 4 is 29.9 Å². The molecule has 0 aliphatic carbocycles. The van der Waals surface area contributed by atoms with Gasteiger partial charge < -0.3 is 15.5 Å². The van der Waals surface area contributed by atoms with Gasteiger partial charge in [-0.15, -0.1) is 24.0 Å². The van der Waals surface area contributed by atoms with Crippen LogP contribution in [0.5, 0.6) is 0 Å². The molecule has 2 aromatic rings. The zero-order valence-electron chi connectivity index (χ0n) is 15.4. The molecular formula is C17H28IN7. The third-order valence-corrected chi connectivity index (χ3v) is 3.58. The molecule has 0 amide bonds. The molecule has 2 rings (SSSR count). The summed E-state index contributed by atoms with van der Waals surface area (Å²) in [7, 11) is 6.03. The summed E-state index contributed by atoms with van der Waals surface area (Å²) in [6.45, 7) is 5.00. The summed E-state index contributed by atoms with van der Waals surface area (Å²) in [5, 5.41) is 10.6. The first-order valence-electron chi connectivity index (χ1n) is 8.16. The molecule has 2 N–H and O–H groups in total. The molecule has 0 spiro atoms. The Kier molecular flexibility index (Phi) is 9.43. The Morgan fingerprint density at radius 2 is 1.92 bits per heavy atom. The van der Waals surface area contributed by atoms with Crippen LogP contribution in [0.1, 0.15) is 23.9 Å². The minimum absolute atomic E-state index is 0. The number of aliphatic imine (C=N–C) groups is 1. The summed E-state index contributed by atoms with van der Waals surface area (Å²) in [6.07, 6.45) is 1.55. The van der Waals surface area contributed by atoms with Gasteiger partial charge in [0.25, 0.3) is 0 Å². The van der Waals surface area contributed by atoms with Crippen molar-refractivity contribution in [2.75, 3.05) is 20.6 Å². The number of nitrogens with zero attached hydrogens (tertiary/aromatic N) is 5. The monoisotopic (exact) mass is 457 g/mol. The van der Waals surface area contributed by atoms with Crippen LogP contribution in [0.4, 0.5) is 0 Å². The third-order valence-electron chi connectivity index (χ3n) is 3.58. The van der Waals surface area contributed by atoms with E-state index in [1.54, 1.807) is 11.0 Å². The van der Waals surface area contributed by atoms with Crippen LogP contribution >= 0.6 is 24.0 Å². The van der Waals surface area contributed by atoms with E-state index in [1.165, 1.54) is 11.1 Å². The molecule has 0 atom stereocenters. The number of hydrogen-bond acceptors (Lipinski definition) is 4. The molecule has 138 valence electrons. The van der Waals surface area contributed by atoms with E-state index in [0.29, 0.717) is 13.1 Å². The van der Waals surface area contributed by atoms with E-state index in [-0.39, 0.29) is 24.0 Å². The van der Waals surface area contributed by atoms with E-state index in [4.69, 9.17) is 4.99 Å². The largest absolute Gasteiger partial charge is 0.357 e. The Hall–Kier alpha value is -1.68. The summed E-state index contributed by atoms with van der Waals surface area (Å²) in [5.74, 6) is 1.65. The number of hydrogen-bond donors (Lipinski definition) is 2. The highest BCUT2D eigenvalue weighted by molar-refractivity contribution is 14.0. The molecule has 7 nitrogen and oxygen atoms in total. The molecule has 0 radical (unpaired) electrons. The Labute approximate surface area is 166 Å². The normalized spacial score (nSPS) is 11.3. The third kappa shape index (κ3) is 6.99. The van der Waals surface area contributed by atoms with E-state index in [9.17, 15) is 0 Å². The maximum atomic E-state index is 4.70. The van der Waals surface area contributed by atoms with E-state index in [0.717, 1.165) is 24.9 Å². The van der Waals surface area contributed by atoms with Crippen molar-refractivity contribution < 1.29 is 0 Å². The lowest BCUT2D eigenvalue weighted by atomic mass is 10.1. The Balaban J connectivity index is 0.00000312. The molecule has 1 heterocycles. The molecule has 0 bridgehead atoms. The number of nitrogens with one attached hydrogen (secondary N) is 2. The Morgan fingerprint density at radius 3 is 2.52 bits per heavy atom. The van der Waals surface area contributed by atoms with Crippen LogP contribution < -0.4 is 10.6 Å². The van der Waals surface area contributed by atoms with Gasteiger partial charge in [0.15, 0.2) is 5.96 Å². The fourth-order valence-corrected chi connectivity index (χ4v) is 2.36. The molecule has 1 aromatic heterocycles. The van der Waals surface area contributed by atoms with Crippen molar-refractivity contribution in [2.45, 2.75) is 26.6 Å².